The Morgan fingerprint density at radius 2 is 1.63 bits per heavy atom. The van der Waals surface area contributed by atoms with Gasteiger partial charge < -0.3 is 4.90 Å². The van der Waals surface area contributed by atoms with Crippen LogP contribution in [0.3, 0.4) is 0 Å². The first kappa shape index (κ1) is 13.9. The van der Waals surface area contributed by atoms with E-state index in [1.165, 1.54) is 84.1 Å². The average Bonchev–Trinajstić information content (AvgIpc) is 2.98. The van der Waals surface area contributed by atoms with Gasteiger partial charge in [-0.25, -0.2) is 0 Å². The van der Waals surface area contributed by atoms with E-state index < -0.39 is 0 Å². The summed E-state index contributed by atoms with van der Waals surface area (Å²) < 4.78 is 0. The van der Waals surface area contributed by atoms with Crippen molar-refractivity contribution < 1.29 is 0 Å². The molecule has 2 heteroatoms. The van der Waals surface area contributed by atoms with Crippen molar-refractivity contribution in [2.45, 2.75) is 64.3 Å². The van der Waals surface area contributed by atoms with Gasteiger partial charge in [-0.1, -0.05) is 39.0 Å². The Morgan fingerprint density at radius 1 is 0.789 bits per heavy atom. The van der Waals surface area contributed by atoms with Gasteiger partial charge in [0.25, 0.3) is 0 Å². The van der Waals surface area contributed by atoms with Gasteiger partial charge in [0.1, 0.15) is 0 Å². The van der Waals surface area contributed by atoms with E-state index in [9.17, 15) is 0 Å². The molecule has 3 rings (SSSR count). The van der Waals surface area contributed by atoms with Crippen molar-refractivity contribution in [3.8, 4) is 0 Å². The van der Waals surface area contributed by atoms with E-state index in [2.05, 4.69) is 16.7 Å². The summed E-state index contributed by atoms with van der Waals surface area (Å²) in [6.07, 6.45) is 11.9. The first-order chi connectivity index (χ1) is 9.36. The molecule has 2 nitrogen and oxygen atoms in total. The molecule has 0 N–H and O–H groups in total. The molecule has 19 heavy (non-hydrogen) atoms. The molecule has 0 amide bonds. The standard InChI is InChI=1S/C17H32N2/c1-2-18-11-6-9-17(14-18)19-12-10-16(13-19)15-7-4-3-5-8-15/h15-17H,2-14H2,1H3/t16-,17+/m0/s1. The van der Waals surface area contributed by atoms with E-state index in [4.69, 9.17) is 0 Å². The smallest absolute Gasteiger partial charge is 0.0223 e. The third kappa shape index (κ3) is 3.33. The van der Waals surface area contributed by atoms with Crippen LogP contribution in [0.1, 0.15) is 58.3 Å². The topological polar surface area (TPSA) is 6.48 Å². The molecular weight excluding hydrogens is 232 g/mol. The van der Waals surface area contributed by atoms with Crippen LogP contribution < -0.4 is 0 Å². The van der Waals surface area contributed by atoms with Gasteiger partial charge in [0, 0.05) is 19.1 Å². The maximum Gasteiger partial charge on any atom is 0.0223 e. The molecule has 0 aromatic rings. The van der Waals surface area contributed by atoms with E-state index in [1.54, 1.807) is 0 Å². The number of hydrogen-bond acceptors (Lipinski definition) is 2. The predicted octanol–water partition coefficient (Wildman–Crippen LogP) is 3.37. The van der Waals surface area contributed by atoms with Crippen LogP contribution in [0.2, 0.25) is 0 Å². The van der Waals surface area contributed by atoms with Gasteiger partial charge in [-0.3, -0.25) is 4.90 Å². The van der Waals surface area contributed by atoms with Crippen molar-refractivity contribution in [3.05, 3.63) is 0 Å². The van der Waals surface area contributed by atoms with Gasteiger partial charge >= 0.3 is 0 Å². The minimum Gasteiger partial charge on any atom is -0.302 e. The largest absolute Gasteiger partial charge is 0.302 e. The predicted molar refractivity (Wildman–Crippen MR) is 81.4 cm³/mol. The summed E-state index contributed by atoms with van der Waals surface area (Å²) >= 11 is 0. The monoisotopic (exact) mass is 264 g/mol. The lowest BCUT2D eigenvalue weighted by molar-refractivity contribution is 0.111. The minimum atomic E-state index is 0.877. The Kier molecular flexibility index (Phi) is 4.81. The highest BCUT2D eigenvalue weighted by molar-refractivity contribution is 4.88. The number of rotatable bonds is 3. The molecule has 3 fully saturated rings. The molecule has 2 aliphatic heterocycles. The van der Waals surface area contributed by atoms with Crippen LogP contribution in [-0.2, 0) is 0 Å². The summed E-state index contributed by atoms with van der Waals surface area (Å²) in [6, 6.07) is 0.877. The highest BCUT2D eigenvalue weighted by Crippen LogP contribution is 2.36. The number of hydrogen-bond donors (Lipinski definition) is 0. The fraction of sp³-hybridized carbons (Fsp3) is 1.00. The summed E-state index contributed by atoms with van der Waals surface area (Å²) in [5.74, 6) is 2.11. The molecule has 3 aliphatic rings. The molecule has 1 aliphatic carbocycles. The van der Waals surface area contributed by atoms with Crippen molar-refractivity contribution in [1.29, 1.82) is 0 Å². The SMILES string of the molecule is CCN1CCC[C@@H](N2CC[C@H](C3CCCCC3)C2)C1. The van der Waals surface area contributed by atoms with Crippen LogP contribution in [0.25, 0.3) is 0 Å². The van der Waals surface area contributed by atoms with Crippen molar-refractivity contribution in [2.24, 2.45) is 11.8 Å². The summed E-state index contributed by atoms with van der Waals surface area (Å²) in [6.45, 7) is 9.06. The van der Waals surface area contributed by atoms with Crippen molar-refractivity contribution >= 4 is 0 Å². The summed E-state index contributed by atoms with van der Waals surface area (Å²) in [4.78, 5) is 5.50. The molecule has 0 unspecified atom stereocenters. The van der Waals surface area contributed by atoms with Crippen LogP contribution in [0, 0.1) is 11.8 Å². The van der Waals surface area contributed by atoms with Gasteiger partial charge in [0.2, 0.25) is 0 Å². The van der Waals surface area contributed by atoms with Crippen LogP contribution in [-0.4, -0.2) is 48.6 Å². The summed E-state index contributed by atoms with van der Waals surface area (Å²) in [5, 5.41) is 0. The molecule has 1 saturated carbocycles. The van der Waals surface area contributed by atoms with E-state index in [-0.39, 0.29) is 0 Å². The van der Waals surface area contributed by atoms with E-state index in [1.807, 2.05) is 0 Å². The molecule has 0 aromatic carbocycles. The lowest BCUT2D eigenvalue weighted by atomic mass is 9.79. The third-order valence-electron chi connectivity index (χ3n) is 6.02. The van der Waals surface area contributed by atoms with Crippen LogP contribution >= 0.6 is 0 Å². The van der Waals surface area contributed by atoms with Crippen molar-refractivity contribution in [3.63, 3.8) is 0 Å². The molecule has 2 heterocycles. The zero-order valence-corrected chi connectivity index (χ0v) is 12.8. The summed E-state index contributed by atoms with van der Waals surface area (Å²) in [5.41, 5.74) is 0. The second-order valence-electron chi connectivity index (χ2n) is 7.13. The summed E-state index contributed by atoms with van der Waals surface area (Å²) in [7, 11) is 0. The maximum atomic E-state index is 2.85. The molecule has 0 bridgehead atoms. The van der Waals surface area contributed by atoms with Crippen LogP contribution in [0.4, 0.5) is 0 Å². The molecule has 2 atom stereocenters. The Morgan fingerprint density at radius 3 is 2.42 bits per heavy atom. The zero-order chi connectivity index (χ0) is 13.1. The van der Waals surface area contributed by atoms with Gasteiger partial charge in [0.15, 0.2) is 0 Å². The molecule has 110 valence electrons. The highest BCUT2D eigenvalue weighted by atomic mass is 15.2. The second-order valence-corrected chi connectivity index (χ2v) is 7.13. The molecule has 0 aromatic heterocycles. The number of nitrogens with zero attached hydrogens (tertiary/aromatic N) is 2. The number of likely N-dealkylation sites (tertiary alicyclic amines) is 2. The van der Waals surface area contributed by atoms with E-state index in [0.29, 0.717) is 0 Å². The normalized spacial score (nSPS) is 35.8. The molecule has 0 spiro atoms. The fourth-order valence-electron chi connectivity index (χ4n) is 4.75. The minimum absolute atomic E-state index is 0.877. The molecule has 2 saturated heterocycles. The molecule has 0 radical (unpaired) electrons. The lowest BCUT2D eigenvalue weighted by Gasteiger charge is -2.37. The number of likely N-dealkylation sites (N-methyl/N-ethyl adjacent to an activating group) is 1. The second kappa shape index (κ2) is 6.58. The van der Waals surface area contributed by atoms with Crippen molar-refractivity contribution in [2.75, 3.05) is 32.7 Å². The fourth-order valence-corrected chi connectivity index (χ4v) is 4.75. The highest BCUT2D eigenvalue weighted by Gasteiger charge is 2.34. The Hall–Kier alpha value is -0.0800. The van der Waals surface area contributed by atoms with Gasteiger partial charge in [-0.2, -0.15) is 0 Å². The van der Waals surface area contributed by atoms with Gasteiger partial charge in [-0.05, 0) is 50.7 Å². The number of piperidine rings is 1. The average molecular weight is 264 g/mol. The van der Waals surface area contributed by atoms with Gasteiger partial charge in [-0.15, -0.1) is 0 Å². The van der Waals surface area contributed by atoms with Gasteiger partial charge in [0.05, 0.1) is 0 Å². The maximum absolute atomic E-state index is 2.85. The molecular formula is C17H32N2. The Labute approximate surface area is 119 Å². The first-order valence-electron chi connectivity index (χ1n) is 8.83. The Bertz CT molecular complexity index is 272. The Balaban J connectivity index is 1.50. The van der Waals surface area contributed by atoms with Crippen LogP contribution in [0.5, 0.6) is 0 Å². The zero-order valence-electron chi connectivity index (χ0n) is 12.8. The van der Waals surface area contributed by atoms with E-state index in [0.717, 1.165) is 17.9 Å². The van der Waals surface area contributed by atoms with Crippen LogP contribution in [0.15, 0.2) is 0 Å². The van der Waals surface area contributed by atoms with Crippen molar-refractivity contribution in [1.82, 2.24) is 9.80 Å². The first-order valence-corrected chi connectivity index (χ1v) is 8.83. The third-order valence-corrected chi connectivity index (χ3v) is 6.02. The lowest BCUT2D eigenvalue weighted by Crippen LogP contribution is -2.47. The van der Waals surface area contributed by atoms with E-state index >= 15 is 0 Å². The quantitative estimate of drug-likeness (QED) is 0.771.